The van der Waals surface area contributed by atoms with E-state index in [1.165, 1.54) is 0 Å². The van der Waals surface area contributed by atoms with Gasteiger partial charge in [-0.25, -0.2) is 4.98 Å². The SMILES string of the molecule is Cc1cccc(NC(=O)C(C)Oc2ccc(C#N)cc2)n1. The summed E-state index contributed by atoms with van der Waals surface area (Å²) in [5.41, 5.74) is 1.37. The van der Waals surface area contributed by atoms with E-state index < -0.39 is 6.10 Å². The van der Waals surface area contributed by atoms with Crippen molar-refractivity contribution in [3.63, 3.8) is 0 Å². The fraction of sp³-hybridized carbons (Fsp3) is 0.188. The number of anilines is 1. The molecule has 1 aromatic heterocycles. The highest BCUT2D eigenvalue weighted by Crippen LogP contribution is 2.14. The Labute approximate surface area is 123 Å². The number of nitrogens with one attached hydrogen (secondary N) is 1. The number of hydrogen-bond acceptors (Lipinski definition) is 4. The molecule has 0 radical (unpaired) electrons. The molecule has 0 spiro atoms. The van der Waals surface area contributed by atoms with Crippen LogP contribution in [-0.4, -0.2) is 17.0 Å². The molecule has 0 bridgehead atoms. The number of benzene rings is 1. The van der Waals surface area contributed by atoms with Gasteiger partial charge in [-0.15, -0.1) is 0 Å². The van der Waals surface area contributed by atoms with Crippen molar-refractivity contribution in [2.75, 3.05) is 5.32 Å². The molecule has 1 unspecified atom stereocenters. The summed E-state index contributed by atoms with van der Waals surface area (Å²) in [7, 11) is 0. The summed E-state index contributed by atoms with van der Waals surface area (Å²) in [6, 6.07) is 14.0. The normalized spacial score (nSPS) is 11.3. The standard InChI is InChI=1S/C16H15N3O2/c1-11-4-3-5-15(18-11)19-16(20)12(2)21-14-8-6-13(10-17)7-9-14/h3-9,12H,1-2H3,(H,18,19,20). The van der Waals surface area contributed by atoms with E-state index in [9.17, 15) is 4.79 Å². The van der Waals surface area contributed by atoms with Gasteiger partial charge in [-0.2, -0.15) is 5.26 Å². The van der Waals surface area contributed by atoms with Gasteiger partial charge in [0.1, 0.15) is 11.6 Å². The molecule has 0 saturated carbocycles. The zero-order valence-corrected chi connectivity index (χ0v) is 11.8. The molecule has 1 atom stereocenters. The molecule has 5 nitrogen and oxygen atoms in total. The number of nitrogens with zero attached hydrogens (tertiary/aromatic N) is 2. The van der Waals surface area contributed by atoms with Crippen molar-refractivity contribution >= 4 is 11.7 Å². The van der Waals surface area contributed by atoms with E-state index in [-0.39, 0.29) is 5.91 Å². The molecule has 2 aromatic rings. The number of ether oxygens (including phenoxy) is 1. The Morgan fingerprint density at radius 3 is 2.62 bits per heavy atom. The van der Waals surface area contributed by atoms with E-state index >= 15 is 0 Å². The summed E-state index contributed by atoms with van der Waals surface area (Å²) in [6.07, 6.45) is -0.666. The molecule has 0 aliphatic carbocycles. The molecule has 0 saturated heterocycles. The number of aromatic nitrogens is 1. The maximum absolute atomic E-state index is 12.0. The molecular formula is C16H15N3O2. The smallest absolute Gasteiger partial charge is 0.266 e. The van der Waals surface area contributed by atoms with Crippen molar-refractivity contribution in [1.29, 1.82) is 5.26 Å². The second-order valence-corrected chi connectivity index (χ2v) is 4.55. The second-order valence-electron chi connectivity index (χ2n) is 4.55. The first-order chi connectivity index (χ1) is 10.1. The number of aryl methyl sites for hydroxylation is 1. The lowest BCUT2D eigenvalue weighted by atomic mass is 10.2. The Bertz CT molecular complexity index is 675. The third-order valence-electron chi connectivity index (χ3n) is 2.81. The first-order valence-corrected chi connectivity index (χ1v) is 6.50. The third-order valence-corrected chi connectivity index (χ3v) is 2.81. The predicted octanol–water partition coefficient (Wildman–Crippen LogP) is 2.67. The van der Waals surface area contributed by atoms with Gasteiger partial charge in [0.2, 0.25) is 0 Å². The van der Waals surface area contributed by atoms with Crippen LogP contribution >= 0.6 is 0 Å². The van der Waals surface area contributed by atoms with Crippen LogP contribution in [0, 0.1) is 18.3 Å². The molecule has 0 fully saturated rings. The summed E-state index contributed by atoms with van der Waals surface area (Å²) in [5.74, 6) is 0.751. The minimum absolute atomic E-state index is 0.280. The van der Waals surface area contributed by atoms with Gasteiger partial charge in [-0.3, -0.25) is 4.79 Å². The van der Waals surface area contributed by atoms with Crippen LogP contribution < -0.4 is 10.1 Å². The van der Waals surface area contributed by atoms with E-state index in [0.29, 0.717) is 17.1 Å². The van der Waals surface area contributed by atoms with Crippen molar-refractivity contribution in [1.82, 2.24) is 4.98 Å². The summed E-state index contributed by atoms with van der Waals surface area (Å²) in [5, 5.41) is 11.4. The summed E-state index contributed by atoms with van der Waals surface area (Å²) in [6.45, 7) is 3.51. The average molecular weight is 281 g/mol. The quantitative estimate of drug-likeness (QED) is 0.934. The molecule has 106 valence electrons. The largest absolute Gasteiger partial charge is 0.481 e. The highest BCUT2D eigenvalue weighted by molar-refractivity contribution is 5.93. The Hall–Kier alpha value is -2.87. The molecule has 1 N–H and O–H groups in total. The fourth-order valence-corrected chi connectivity index (χ4v) is 1.71. The van der Waals surface area contributed by atoms with Crippen LogP contribution in [0.5, 0.6) is 5.75 Å². The van der Waals surface area contributed by atoms with E-state index in [2.05, 4.69) is 10.3 Å². The van der Waals surface area contributed by atoms with E-state index in [0.717, 1.165) is 5.69 Å². The van der Waals surface area contributed by atoms with E-state index in [1.54, 1.807) is 37.3 Å². The topological polar surface area (TPSA) is 75.0 Å². The van der Waals surface area contributed by atoms with Gasteiger partial charge in [0.05, 0.1) is 11.6 Å². The molecule has 21 heavy (non-hydrogen) atoms. The highest BCUT2D eigenvalue weighted by atomic mass is 16.5. The van der Waals surface area contributed by atoms with Crippen molar-refractivity contribution in [2.45, 2.75) is 20.0 Å². The van der Waals surface area contributed by atoms with Crippen LogP contribution in [-0.2, 0) is 4.79 Å². The Kier molecular flexibility index (Phi) is 4.52. The molecule has 1 amide bonds. The zero-order chi connectivity index (χ0) is 15.2. The molecule has 1 aromatic carbocycles. The molecule has 1 heterocycles. The lowest BCUT2D eigenvalue weighted by molar-refractivity contribution is -0.122. The van der Waals surface area contributed by atoms with Gasteiger partial charge in [0, 0.05) is 5.69 Å². The molecule has 2 rings (SSSR count). The zero-order valence-electron chi connectivity index (χ0n) is 11.8. The van der Waals surface area contributed by atoms with Crippen LogP contribution in [0.4, 0.5) is 5.82 Å². The third kappa shape index (κ3) is 4.05. The molecule has 0 aliphatic rings. The molecular weight excluding hydrogens is 266 g/mol. The number of pyridine rings is 1. The van der Waals surface area contributed by atoms with E-state index in [1.807, 2.05) is 25.1 Å². The molecule has 5 heteroatoms. The lowest BCUT2D eigenvalue weighted by Gasteiger charge is -2.14. The van der Waals surface area contributed by atoms with Crippen molar-refractivity contribution in [3.8, 4) is 11.8 Å². The van der Waals surface area contributed by atoms with Crippen LogP contribution in [0.2, 0.25) is 0 Å². The maximum Gasteiger partial charge on any atom is 0.266 e. The number of rotatable bonds is 4. The van der Waals surface area contributed by atoms with Crippen molar-refractivity contribution in [3.05, 3.63) is 53.7 Å². The van der Waals surface area contributed by atoms with Crippen LogP contribution in [0.15, 0.2) is 42.5 Å². The number of hydrogen-bond donors (Lipinski definition) is 1. The van der Waals surface area contributed by atoms with Crippen LogP contribution in [0.1, 0.15) is 18.2 Å². The first kappa shape index (κ1) is 14.5. The summed E-state index contributed by atoms with van der Waals surface area (Å²) in [4.78, 5) is 16.2. The van der Waals surface area contributed by atoms with Crippen LogP contribution in [0.25, 0.3) is 0 Å². The van der Waals surface area contributed by atoms with Crippen LogP contribution in [0.3, 0.4) is 0 Å². The predicted molar refractivity (Wildman–Crippen MR) is 78.9 cm³/mol. The average Bonchev–Trinajstić information content (AvgIpc) is 2.48. The van der Waals surface area contributed by atoms with Gasteiger partial charge in [0.15, 0.2) is 6.10 Å². The fourth-order valence-electron chi connectivity index (χ4n) is 1.71. The van der Waals surface area contributed by atoms with Crippen molar-refractivity contribution in [2.24, 2.45) is 0 Å². The molecule has 0 aliphatic heterocycles. The van der Waals surface area contributed by atoms with Gasteiger partial charge < -0.3 is 10.1 Å². The maximum atomic E-state index is 12.0. The number of amides is 1. The summed E-state index contributed by atoms with van der Waals surface area (Å²) < 4.78 is 5.53. The Balaban J connectivity index is 1.97. The minimum atomic E-state index is -0.666. The summed E-state index contributed by atoms with van der Waals surface area (Å²) >= 11 is 0. The highest BCUT2D eigenvalue weighted by Gasteiger charge is 2.15. The monoisotopic (exact) mass is 281 g/mol. The second kappa shape index (κ2) is 6.53. The van der Waals surface area contributed by atoms with Crippen molar-refractivity contribution < 1.29 is 9.53 Å². The number of carbonyl (C=O) groups excluding carboxylic acids is 1. The van der Waals surface area contributed by atoms with Gasteiger partial charge in [-0.05, 0) is 50.2 Å². The van der Waals surface area contributed by atoms with Gasteiger partial charge in [0.25, 0.3) is 5.91 Å². The minimum Gasteiger partial charge on any atom is -0.481 e. The lowest BCUT2D eigenvalue weighted by Crippen LogP contribution is -2.30. The van der Waals surface area contributed by atoms with E-state index in [4.69, 9.17) is 10.00 Å². The Morgan fingerprint density at radius 2 is 2.00 bits per heavy atom. The first-order valence-electron chi connectivity index (χ1n) is 6.50. The number of carbonyl (C=O) groups is 1. The number of nitriles is 1. The van der Waals surface area contributed by atoms with Gasteiger partial charge in [-0.1, -0.05) is 6.07 Å². The van der Waals surface area contributed by atoms with Gasteiger partial charge >= 0.3 is 0 Å². The Morgan fingerprint density at radius 1 is 1.29 bits per heavy atom.